The van der Waals surface area contributed by atoms with Gasteiger partial charge in [0.15, 0.2) is 0 Å². The minimum absolute atomic E-state index is 0.0149. The van der Waals surface area contributed by atoms with Crippen LogP contribution >= 0.6 is 0 Å². The molecule has 0 spiro atoms. The molecular weight excluding hydrogens is 320 g/mol. The van der Waals surface area contributed by atoms with Crippen molar-refractivity contribution in [1.82, 2.24) is 0 Å². The largest absolute Gasteiger partial charge is 0.481 e. The van der Waals surface area contributed by atoms with E-state index in [0.29, 0.717) is 6.42 Å². The quantitative estimate of drug-likeness (QED) is 0.284. The summed E-state index contributed by atoms with van der Waals surface area (Å²) in [5, 5.41) is 37.6. The Morgan fingerprint density at radius 2 is 1.44 bits per heavy atom. The van der Waals surface area contributed by atoms with Gasteiger partial charge < -0.3 is 20.4 Å². The standard InChI is InChI=1S/C20H32O5/c1-2-3-8-12-17(21)13-9-6-4-5-7-10-14-18(22)19(23)15-11-16-20(24)25/h4-7,9-10,13-14,17-19,21-23H,2-3,8,11-12,15-16H2,1H3,(H,24,25)/b6-4?,7-5?,13-9+,14-10?/t17-,18+,19-/m0/s1. The zero-order chi connectivity index (χ0) is 18.9. The van der Waals surface area contributed by atoms with Gasteiger partial charge in [0.2, 0.25) is 0 Å². The lowest BCUT2D eigenvalue weighted by Gasteiger charge is -2.13. The summed E-state index contributed by atoms with van der Waals surface area (Å²) in [6.45, 7) is 2.13. The fraction of sp³-hybridized carbons (Fsp3) is 0.550. The van der Waals surface area contributed by atoms with E-state index in [-0.39, 0.29) is 12.8 Å². The first-order valence-corrected chi connectivity index (χ1v) is 8.91. The molecule has 0 saturated carbocycles. The number of aliphatic hydroxyl groups excluding tert-OH is 3. The molecule has 5 heteroatoms. The van der Waals surface area contributed by atoms with Gasteiger partial charge in [0.05, 0.1) is 18.3 Å². The molecule has 142 valence electrons. The highest BCUT2D eigenvalue weighted by atomic mass is 16.4. The highest BCUT2D eigenvalue weighted by Crippen LogP contribution is 2.06. The van der Waals surface area contributed by atoms with E-state index < -0.39 is 24.3 Å². The van der Waals surface area contributed by atoms with Gasteiger partial charge in [-0.1, -0.05) is 74.8 Å². The van der Waals surface area contributed by atoms with Crippen LogP contribution in [0.4, 0.5) is 0 Å². The lowest BCUT2D eigenvalue weighted by molar-refractivity contribution is -0.137. The topological polar surface area (TPSA) is 98.0 Å². The number of aliphatic hydroxyl groups is 3. The van der Waals surface area contributed by atoms with E-state index in [4.69, 9.17) is 5.11 Å². The van der Waals surface area contributed by atoms with Gasteiger partial charge in [-0.2, -0.15) is 0 Å². The third kappa shape index (κ3) is 15.6. The van der Waals surface area contributed by atoms with Crippen molar-refractivity contribution < 1.29 is 25.2 Å². The maximum absolute atomic E-state index is 10.4. The molecule has 0 aliphatic heterocycles. The fourth-order valence-corrected chi connectivity index (χ4v) is 2.09. The average Bonchev–Trinajstić information content (AvgIpc) is 2.56. The first kappa shape index (κ1) is 23.3. The molecule has 25 heavy (non-hydrogen) atoms. The first-order chi connectivity index (χ1) is 12.0. The zero-order valence-electron chi connectivity index (χ0n) is 15.0. The Labute approximate surface area is 150 Å². The molecular formula is C20H32O5. The molecule has 0 aromatic carbocycles. The van der Waals surface area contributed by atoms with Crippen molar-refractivity contribution in [3.05, 3.63) is 48.6 Å². The fourth-order valence-electron chi connectivity index (χ4n) is 2.09. The molecule has 0 rings (SSSR count). The van der Waals surface area contributed by atoms with Gasteiger partial charge in [-0.05, 0) is 19.3 Å². The number of carboxylic acid groups (broad SMARTS) is 1. The van der Waals surface area contributed by atoms with Crippen molar-refractivity contribution in [1.29, 1.82) is 0 Å². The van der Waals surface area contributed by atoms with E-state index in [0.717, 1.165) is 25.7 Å². The molecule has 0 saturated heterocycles. The second kappa shape index (κ2) is 15.8. The lowest BCUT2D eigenvalue weighted by atomic mass is 10.1. The van der Waals surface area contributed by atoms with Crippen LogP contribution in [0.15, 0.2) is 48.6 Å². The third-order valence-corrected chi connectivity index (χ3v) is 3.59. The maximum atomic E-state index is 10.4. The molecule has 0 aliphatic carbocycles. The van der Waals surface area contributed by atoms with Crippen LogP contribution in [0.3, 0.4) is 0 Å². The summed E-state index contributed by atoms with van der Waals surface area (Å²) in [5.74, 6) is -0.908. The van der Waals surface area contributed by atoms with E-state index in [9.17, 15) is 20.1 Å². The Bertz CT molecular complexity index is 451. The Morgan fingerprint density at radius 1 is 0.840 bits per heavy atom. The molecule has 0 aromatic heterocycles. The number of carboxylic acids is 1. The summed E-state index contributed by atoms with van der Waals surface area (Å²) >= 11 is 0. The minimum atomic E-state index is -1.01. The summed E-state index contributed by atoms with van der Waals surface area (Å²) in [5.41, 5.74) is 0. The molecule has 0 aromatic rings. The summed E-state index contributed by atoms with van der Waals surface area (Å²) in [7, 11) is 0. The summed E-state index contributed by atoms with van der Waals surface area (Å²) in [4.78, 5) is 10.4. The molecule has 4 N–H and O–H groups in total. The van der Waals surface area contributed by atoms with E-state index in [1.165, 1.54) is 6.08 Å². The van der Waals surface area contributed by atoms with Crippen LogP contribution in [0, 0.1) is 0 Å². The van der Waals surface area contributed by atoms with Crippen LogP contribution in [0.25, 0.3) is 0 Å². The van der Waals surface area contributed by atoms with Crippen LogP contribution in [0.1, 0.15) is 51.9 Å². The predicted octanol–water partition coefficient (Wildman–Crippen LogP) is 3.13. The normalized spacial score (nSPS) is 16.3. The van der Waals surface area contributed by atoms with Gasteiger partial charge in [0.1, 0.15) is 0 Å². The van der Waals surface area contributed by atoms with Crippen molar-refractivity contribution in [3.8, 4) is 0 Å². The Kier molecular flexibility index (Phi) is 14.7. The van der Waals surface area contributed by atoms with Gasteiger partial charge >= 0.3 is 5.97 Å². The molecule has 0 bridgehead atoms. The summed E-state index contributed by atoms with van der Waals surface area (Å²) in [6.07, 6.45) is 16.0. The minimum Gasteiger partial charge on any atom is -0.481 e. The Hall–Kier alpha value is -1.69. The number of rotatable bonds is 14. The van der Waals surface area contributed by atoms with Crippen molar-refractivity contribution in [2.24, 2.45) is 0 Å². The number of unbranched alkanes of at least 4 members (excludes halogenated alkanes) is 2. The highest BCUT2D eigenvalue weighted by molar-refractivity contribution is 5.66. The number of allylic oxidation sites excluding steroid dienone is 6. The number of carbonyl (C=O) groups is 1. The van der Waals surface area contributed by atoms with Crippen molar-refractivity contribution >= 4 is 5.97 Å². The third-order valence-electron chi connectivity index (χ3n) is 3.59. The smallest absolute Gasteiger partial charge is 0.303 e. The zero-order valence-corrected chi connectivity index (χ0v) is 15.0. The van der Waals surface area contributed by atoms with E-state index in [1.54, 1.807) is 36.5 Å². The molecule has 0 fully saturated rings. The SMILES string of the molecule is CCCCC[C@H](O)/C=C/C=CC=CC=C[C@@H](O)[C@@H](O)CCCC(=O)O. The van der Waals surface area contributed by atoms with Gasteiger partial charge in [0, 0.05) is 6.42 Å². The highest BCUT2D eigenvalue weighted by Gasteiger charge is 2.12. The van der Waals surface area contributed by atoms with Gasteiger partial charge in [-0.3, -0.25) is 4.79 Å². The molecule has 0 radical (unpaired) electrons. The van der Waals surface area contributed by atoms with Gasteiger partial charge in [-0.15, -0.1) is 0 Å². The molecule has 0 unspecified atom stereocenters. The number of aliphatic carboxylic acids is 1. The van der Waals surface area contributed by atoms with E-state index in [1.807, 2.05) is 6.08 Å². The van der Waals surface area contributed by atoms with Crippen molar-refractivity contribution in [2.45, 2.75) is 70.2 Å². The summed E-state index contributed by atoms with van der Waals surface area (Å²) < 4.78 is 0. The second-order valence-electron chi connectivity index (χ2n) is 5.95. The van der Waals surface area contributed by atoms with Gasteiger partial charge in [0.25, 0.3) is 0 Å². The van der Waals surface area contributed by atoms with Gasteiger partial charge in [-0.25, -0.2) is 0 Å². The Balaban J connectivity index is 3.97. The van der Waals surface area contributed by atoms with Crippen molar-refractivity contribution in [2.75, 3.05) is 0 Å². The molecule has 0 aliphatic rings. The van der Waals surface area contributed by atoms with Crippen LogP contribution in [-0.4, -0.2) is 44.7 Å². The monoisotopic (exact) mass is 352 g/mol. The first-order valence-electron chi connectivity index (χ1n) is 8.91. The van der Waals surface area contributed by atoms with Crippen LogP contribution in [0.2, 0.25) is 0 Å². The maximum Gasteiger partial charge on any atom is 0.303 e. The van der Waals surface area contributed by atoms with Crippen LogP contribution in [0.5, 0.6) is 0 Å². The molecule has 0 heterocycles. The average molecular weight is 352 g/mol. The van der Waals surface area contributed by atoms with E-state index >= 15 is 0 Å². The van der Waals surface area contributed by atoms with Crippen LogP contribution in [-0.2, 0) is 4.79 Å². The predicted molar refractivity (Wildman–Crippen MR) is 100 cm³/mol. The lowest BCUT2D eigenvalue weighted by Crippen LogP contribution is -2.23. The van der Waals surface area contributed by atoms with Crippen LogP contribution < -0.4 is 0 Å². The van der Waals surface area contributed by atoms with E-state index in [2.05, 4.69) is 6.92 Å². The Morgan fingerprint density at radius 3 is 2.04 bits per heavy atom. The number of hydrogen-bond acceptors (Lipinski definition) is 4. The number of hydrogen-bond donors (Lipinski definition) is 4. The molecule has 0 amide bonds. The molecule has 5 nitrogen and oxygen atoms in total. The molecule has 3 atom stereocenters. The van der Waals surface area contributed by atoms with Crippen molar-refractivity contribution in [3.63, 3.8) is 0 Å². The summed E-state index contributed by atoms with van der Waals surface area (Å²) in [6, 6.07) is 0. The second-order valence-corrected chi connectivity index (χ2v) is 5.95.